The molecule has 4 heteroatoms. The molecule has 0 aliphatic heterocycles. The standard InChI is InChI=1S/C17H18ClNO2/c1-13-5-7-16(8-6-13)21-10-9-19-17(20)12-14-3-2-4-15(18)11-14/h2-8,11H,9-10,12H2,1H3,(H,19,20). The largest absolute Gasteiger partial charge is 0.492 e. The van der Waals surface area contributed by atoms with Gasteiger partial charge in [-0.2, -0.15) is 0 Å². The molecular formula is C17H18ClNO2. The first-order chi connectivity index (χ1) is 10.1. The quantitative estimate of drug-likeness (QED) is 0.831. The Labute approximate surface area is 129 Å². The molecule has 0 atom stereocenters. The minimum Gasteiger partial charge on any atom is -0.492 e. The van der Waals surface area contributed by atoms with E-state index in [1.807, 2.05) is 43.3 Å². The molecule has 0 saturated carbocycles. The average molecular weight is 304 g/mol. The molecule has 0 saturated heterocycles. The first kappa shape index (κ1) is 15.4. The van der Waals surface area contributed by atoms with Crippen molar-refractivity contribution in [1.29, 1.82) is 0 Å². The molecular weight excluding hydrogens is 286 g/mol. The summed E-state index contributed by atoms with van der Waals surface area (Å²) >= 11 is 5.88. The fraction of sp³-hybridized carbons (Fsp3) is 0.235. The molecule has 2 aromatic rings. The molecule has 0 aliphatic rings. The van der Waals surface area contributed by atoms with E-state index in [9.17, 15) is 4.79 Å². The average Bonchev–Trinajstić information content (AvgIpc) is 2.45. The van der Waals surface area contributed by atoms with Gasteiger partial charge in [-0.15, -0.1) is 0 Å². The maximum atomic E-state index is 11.8. The van der Waals surface area contributed by atoms with Gasteiger partial charge in [0, 0.05) is 5.02 Å². The van der Waals surface area contributed by atoms with Crippen molar-refractivity contribution >= 4 is 17.5 Å². The van der Waals surface area contributed by atoms with E-state index in [0.717, 1.165) is 11.3 Å². The Morgan fingerprint density at radius 3 is 2.67 bits per heavy atom. The summed E-state index contributed by atoms with van der Waals surface area (Å²) in [7, 11) is 0. The van der Waals surface area contributed by atoms with Gasteiger partial charge in [0.05, 0.1) is 13.0 Å². The van der Waals surface area contributed by atoms with Gasteiger partial charge in [0.2, 0.25) is 5.91 Å². The Balaban J connectivity index is 1.68. The number of halogens is 1. The lowest BCUT2D eigenvalue weighted by atomic mass is 10.1. The summed E-state index contributed by atoms with van der Waals surface area (Å²) in [6.07, 6.45) is 0.324. The van der Waals surface area contributed by atoms with Crippen LogP contribution in [0.15, 0.2) is 48.5 Å². The van der Waals surface area contributed by atoms with Crippen LogP contribution in [0.2, 0.25) is 5.02 Å². The third-order valence-electron chi connectivity index (χ3n) is 2.97. The molecule has 110 valence electrons. The van der Waals surface area contributed by atoms with Gasteiger partial charge in [-0.1, -0.05) is 41.4 Å². The van der Waals surface area contributed by atoms with Crippen LogP contribution in [0.5, 0.6) is 5.75 Å². The highest BCUT2D eigenvalue weighted by Gasteiger charge is 2.03. The predicted molar refractivity (Wildman–Crippen MR) is 84.8 cm³/mol. The molecule has 2 aromatic carbocycles. The van der Waals surface area contributed by atoms with E-state index in [1.54, 1.807) is 12.1 Å². The van der Waals surface area contributed by atoms with Crippen molar-refractivity contribution in [3.63, 3.8) is 0 Å². The summed E-state index contributed by atoms with van der Waals surface area (Å²) in [5.41, 5.74) is 2.09. The van der Waals surface area contributed by atoms with Crippen LogP contribution in [-0.4, -0.2) is 19.1 Å². The van der Waals surface area contributed by atoms with Crippen molar-refractivity contribution in [2.45, 2.75) is 13.3 Å². The van der Waals surface area contributed by atoms with Crippen molar-refractivity contribution in [2.75, 3.05) is 13.2 Å². The predicted octanol–water partition coefficient (Wildman–Crippen LogP) is 3.39. The lowest BCUT2D eigenvalue weighted by Crippen LogP contribution is -2.29. The molecule has 0 bridgehead atoms. The van der Waals surface area contributed by atoms with E-state index in [0.29, 0.717) is 24.6 Å². The summed E-state index contributed by atoms with van der Waals surface area (Å²) in [6.45, 7) is 2.96. The maximum absolute atomic E-state index is 11.8. The van der Waals surface area contributed by atoms with Crippen LogP contribution in [0.1, 0.15) is 11.1 Å². The molecule has 0 unspecified atom stereocenters. The Hall–Kier alpha value is -2.00. The van der Waals surface area contributed by atoms with E-state index < -0.39 is 0 Å². The van der Waals surface area contributed by atoms with Crippen LogP contribution < -0.4 is 10.1 Å². The molecule has 0 heterocycles. The van der Waals surface area contributed by atoms with Gasteiger partial charge >= 0.3 is 0 Å². The Bertz CT molecular complexity index is 596. The molecule has 1 N–H and O–H groups in total. The van der Waals surface area contributed by atoms with Crippen LogP contribution in [0, 0.1) is 6.92 Å². The van der Waals surface area contributed by atoms with Gasteiger partial charge in [-0.3, -0.25) is 4.79 Å². The number of amides is 1. The third-order valence-corrected chi connectivity index (χ3v) is 3.20. The maximum Gasteiger partial charge on any atom is 0.224 e. The minimum atomic E-state index is -0.0372. The van der Waals surface area contributed by atoms with Gasteiger partial charge in [0.1, 0.15) is 12.4 Å². The molecule has 0 fully saturated rings. The molecule has 0 aliphatic carbocycles. The number of aryl methyl sites for hydroxylation is 1. The number of carbonyl (C=O) groups excluding carboxylic acids is 1. The monoisotopic (exact) mass is 303 g/mol. The van der Waals surface area contributed by atoms with Crippen LogP contribution in [0.3, 0.4) is 0 Å². The van der Waals surface area contributed by atoms with E-state index in [2.05, 4.69) is 5.32 Å². The van der Waals surface area contributed by atoms with E-state index >= 15 is 0 Å². The van der Waals surface area contributed by atoms with E-state index in [-0.39, 0.29) is 5.91 Å². The van der Waals surface area contributed by atoms with Crippen LogP contribution in [0.25, 0.3) is 0 Å². The fourth-order valence-electron chi connectivity index (χ4n) is 1.89. The second-order valence-corrected chi connectivity index (χ2v) is 5.25. The zero-order chi connectivity index (χ0) is 15.1. The van der Waals surface area contributed by atoms with Gasteiger partial charge < -0.3 is 10.1 Å². The highest BCUT2D eigenvalue weighted by atomic mass is 35.5. The van der Waals surface area contributed by atoms with Crippen molar-refractivity contribution in [1.82, 2.24) is 5.32 Å². The number of hydrogen-bond donors (Lipinski definition) is 1. The highest BCUT2D eigenvalue weighted by Crippen LogP contribution is 2.11. The zero-order valence-corrected chi connectivity index (χ0v) is 12.7. The zero-order valence-electron chi connectivity index (χ0n) is 11.9. The Morgan fingerprint density at radius 2 is 1.95 bits per heavy atom. The number of ether oxygens (including phenoxy) is 1. The molecule has 1 amide bonds. The second kappa shape index (κ2) is 7.70. The van der Waals surface area contributed by atoms with Crippen molar-refractivity contribution in [3.8, 4) is 5.75 Å². The summed E-state index contributed by atoms with van der Waals surface area (Å²) < 4.78 is 5.54. The molecule has 2 rings (SSSR count). The number of rotatable bonds is 6. The molecule has 0 spiro atoms. The smallest absolute Gasteiger partial charge is 0.224 e. The second-order valence-electron chi connectivity index (χ2n) is 4.82. The van der Waals surface area contributed by atoms with Gasteiger partial charge in [0.25, 0.3) is 0 Å². The summed E-state index contributed by atoms with van der Waals surface area (Å²) in [5.74, 6) is 0.773. The topological polar surface area (TPSA) is 38.3 Å². The van der Waals surface area contributed by atoms with Crippen molar-refractivity contribution < 1.29 is 9.53 Å². The van der Waals surface area contributed by atoms with E-state index in [4.69, 9.17) is 16.3 Å². The van der Waals surface area contributed by atoms with Crippen molar-refractivity contribution in [2.24, 2.45) is 0 Å². The Morgan fingerprint density at radius 1 is 1.19 bits per heavy atom. The first-order valence-corrected chi connectivity index (χ1v) is 7.22. The number of hydrogen-bond acceptors (Lipinski definition) is 2. The van der Waals surface area contributed by atoms with Crippen molar-refractivity contribution in [3.05, 3.63) is 64.7 Å². The third kappa shape index (κ3) is 5.48. The number of carbonyl (C=O) groups is 1. The van der Waals surface area contributed by atoms with Gasteiger partial charge in [-0.05, 0) is 36.8 Å². The minimum absolute atomic E-state index is 0.0372. The summed E-state index contributed by atoms with van der Waals surface area (Å²) in [4.78, 5) is 11.8. The van der Waals surface area contributed by atoms with E-state index in [1.165, 1.54) is 5.56 Å². The molecule has 0 radical (unpaired) electrons. The normalized spacial score (nSPS) is 10.2. The lowest BCUT2D eigenvalue weighted by molar-refractivity contribution is -0.120. The molecule has 21 heavy (non-hydrogen) atoms. The fourth-order valence-corrected chi connectivity index (χ4v) is 2.10. The van der Waals surface area contributed by atoms with Crippen LogP contribution in [-0.2, 0) is 11.2 Å². The number of benzene rings is 2. The lowest BCUT2D eigenvalue weighted by Gasteiger charge is -2.08. The Kier molecular flexibility index (Phi) is 5.64. The van der Waals surface area contributed by atoms with Crippen LogP contribution >= 0.6 is 11.6 Å². The molecule has 3 nitrogen and oxygen atoms in total. The van der Waals surface area contributed by atoms with Gasteiger partial charge in [-0.25, -0.2) is 0 Å². The SMILES string of the molecule is Cc1ccc(OCCNC(=O)Cc2cccc(Cl)c2)cc1. The van der Waals surface area contributed by atoms with Crippen LogP contribution in [0.4, 0.5) is 0 Å². The number of nitrogens with one attached hydrogen (secondary N) is 1. The summed E-state index contributed by atoms with van der Waals surface area (Å²) in [6, 6.07) is 15.1. The van der Waals surface area contributed by atoms with Gasteiger partial charge in [0.15, 0.2) is 0 Å². The summed E-state index contributed by atoms with van der Waals surface area (Å²) in [5, 5.41) is 3.47. The highest BCUT2D eigenvalue weighted by molar-refractivity contribution is 6.30. The molecule has 0 aromatic heterocycles. The first-order valence-electron chi connectivity index (χ1n) is 6.84.